The number of rotatable bonds is 4. The zero-order valence-electron chi connectivity index (χ0n) is 10.9. The lowest BCUT2D eigenvalue weighted by atomic mass is 10.1. The van der Waals surface area contributed by atoms with Gasteiger partial charge in [0.15, 0.2) is 0 Å². The number of nitrogens with two attached hydrogens (primary N) is 1. The van der Waals surface area contributed by atoms with Crippen LogP contribution in [-0.4, -0.2) is 8.42 Å². The third-order valence-corrected chi connectivity index (χ3v) is 4.45. The molecule has 0 spiro atoms. The van der Waals surface area contributed by atoms with Gasteiger partial charge in [0, 0.05) is 12.2 Å². The molecule has 20 heavy (non-hydrogen) atoms. The number of hydrogen-bond acceptors (Lipinski definition) is 3. The summed E-state index contributed by atoms with van der Waals surface area (Å²) in [5.74, 6) is -0.590. The summed E-state index contributed by atoms with van der Waals surface area (Å²) in [6.45, 7) is 1.93. The minimum Gasteiger partial charge on any atom is -0.399 e. The molecule has 0 bridgehead atoms. The maximum absolute atomic E-state index is 13.1. The first-order valence-electron chi connectivity index (χ1n) is 5.99. The van der Waals surface area contributed by atoms with Gasteiger partial charge in [-0.15, -0.1) is 0 Å². The lowest BCUT2D eigenvalue weighted by Gasteiger charge is -2.10. The largest absolute Gasteiger partial charge is 0.399 e. The molecule has 4 nitrogen and oxygen atoms in total. The molecule has 0 aliphatic heterocycles. The molecule has 3 N–H and O–H groups in total. The van der Waals surface area contributed by atoms with Crippen molar-refractivity contribution in [3.05, 3.63) is 59.4 Å². The lowest BCUT2D eigenvalue weighted by Crippen LogP contribution is -2.23. The van der Waals surface area contributed by atoms with E-state index in [1.54, 1.807) is 18.2 Å². The molecule has 0 saturated carbocycles. The minimum atomic E-state index is -3.74. The van der Waals surface area contributed by atoms with Crippen LogP contribution >= 0.6 is 0 Å². The van der Waals surface area contributed by atoms with E-state index in [0.29, 0.717) is 5.69 Å². The highest BCUT2D eigenvalue weighted by Crippen LogP contribution is 2.16. The summed E-state index contributed by atoms with van der Waals surface area (Å²) in [4.78, 5) is -0.0981. The summed E-state index contributed by atoms with van der Waals surface area (Å²) in [6, 6.07) is 10.2. The van der Waals surface area contributed by atoms with Crippen molar-refractivity contribution in [3.63, 3.8) is 0 Å². The second-order valence-electron chi connectivity index (χ2n) is 4.41. The van der Waals surface area contributed by atoms with E-state index >= 15 is 0 Å². The van der Waals surface area contributed by atoms with Crippen LogP contribution in [-0.2, 0) is 16.6 Å². The van der Waals surface area contributed by atoms with Crippen molar-refractivity contribution >= 4 is 15.7 Å². The van der Waals surface area contributed by atoms with E-state index in [9.17, 15) is 12.8 Å². The fourth-order valence-corrected chi connectivity index (χ4v) is 2.82. The van der Waals surface area contributed by atoms with Gasteiger partial charge in [-0.25, -0.2) is 17.5 Å². The standard InChI is InChI=1S/C14H15FN2O2S/c1-10-11(4-2-7-14(10)16)9-17-20(18,19)13-6-3-5-12(15)8-13/h2-8,17H,9,16H2,1H3. The predicted octanol–water partition coefficient (Wildman–Crippen LogP) is 2.19. The number of nitrogen functional groups attached to an aromatic ring is 1. The van der Waals surface area contributed by atoms with E-state index in [-0.39, 0.29) is 11.4 Å². The number of hydrogen-bond donors (Lipinski definition) is 2. The van der Waals surface area contributed by atoms with Crippen LogP contribution in [0.3, 0.4) is 0 Å². The number of anilines is 1. The van der Waals surface area contributed by atoms with E-state index in [0.717, 1.165) is 17.2 Å². The molecule has 0 radical (unpaired) electrons. The zero-order chi connectivity index (χ0) is 14.8. The highest BCUT2D eigenvalue weighted by molar-refractivity contribution is 7.89. The molecule has 0 atom stereocenters. The summed E-state index contributed by atoms with van der Waals surface area (Å²) in [6.07, 6.45) is 0. The Hall–Kier alpha value is -1.92. The summed E-state index contributed by atoms with van der Waals surface area (Å²) in [5.41, 5.74) is 7.98. The molecule has 2 aromatic carbocycles. The van der Waals surface area contributed by atoms with Crippen molar-refractivity contribution in [1.82, 2.24) is 4.72 Å². The van der Waals surface area contributed by atoms with E-state index in [2.05, 4.69) is 4.72 Å². The lowest BCUT2D eigenvalue weighted by molar-refractivity contribution is 0.577. The highest BCUT2D eigenvalue weighted by atomic mass is 32.2. The van der Waals surface area contributed by atoms with Crippen LogP contribution in [0.15, 0.2) is 47.4 Å². The summed E-state index contributed by atoms with van der Waals surface area (Å²) in [7, 11) is -3.74. The van der Waals surface area contributed by atoms with Crippen molar-refractivity contribution in [2.24, 2.45) is 0 Å². The van der Waals surface area contributed by atoms with Gasteiger partial charge >= 0.3 is 0 Å². The summed E-state index contributed by atoms with van der Waals surface area (Å²) >= 11 is 0. The first-order valence-corrected chi connectivity index (χ1v) is 7.47. The second-order valence-corrected chi connectivity index (χ2v) is 6.18. The first kappa shape index (κ1) is 14.5. The number of nitrogens with one attached hydrogen (secondary N) is 1. The van der Waals surface area contributed by atoms with Gasteiger partial charge in [0.1, 0.15) is 5.82 Å². The molecule has 2 rings (SSSR count). The maximum atomic E-state index is 13.1. The quantitative estimate of drug-likeness (QED) is 0.849. The monoisotopic (exact) mass is 294 g/mol. The van der Waals surface area contributed by atoms with Crippen LogP contribution < -0.4 is 10.5 Å². The third-order valence-electron chi connectivity index (χ3n) is 3.05. The SMILES string of the molecule is Cc1c(N)cccc1CNS(=O)(=O)c1cccc(F)c1. The van der Waals surface area contributed by atoms with Gasteiger partial charge in [0.05, 0.1) is 4.90 Å². The molecule has 0 fully saturated rings. The molecule has 0 aliphatic carbocycles. The van der Waals surface area contributed by atoms with Crippen LogP contribution in [0.5, 0.6) is 0 Å². The Balaban J connectivity index is 2.20. The topological polar surface area (TPSA) is 72.2 Å². The Morgan fingerprint density at radius 3 is 2.60 bits per heavy atom. The zero-order valence-corrected chi connectivity index (χ0v) is 11.7. The number of sulfonamides is 1. The molecule has 0 heterocycles. The molecule has 0 unspecified atom stereocenters. The smallest absolute Gasteiger partial charge is 0.240 e. The van der Waals surface area contributed by atoms with Crippen LogP contribution in [0.2, 0.25) is 0 Å². The summed E-state index contributed by atoms with van der Waals surface area (Å²) < 4.78 is 39.6. The molecule has 0 saturated heterocycles. The third kappa shape index (κ3) is 3.15. The van der Waals surface area contributed by atoms with E-state index in [1.807, 2.05) is 6.92 Å². The number of halogens is 1. The van der Waals surface area contributed by atoms with Gasteiger partial charge < -0.3 is 5.73 Å². The molecule has 2 aromatic rings. The molecule has 0 amide bonds. The Labute approximate surface area is 117 Å². The average molecular weight is 294 g/mol. The van der Waals surface area contributed by atoms with Gasteiger partial charge in [-0.1, -0.05) is 18.2 Å². The van der Waals surface area contributed by atoms with Crippen molar-refractivity contribution in [2.75, 3.05) is 5.73 Å². The molecular weight excluding hydrogens is 279 g/mol. The van der Waals surface area contributed by atoms with E-state index in [4.69, 9.17) is 5.73 Å². The van der Waals surface area contributed by atoms with Gasteiger partial charge in [0.2, 0.25) is 10.0 Å². The molecule has 0 aliphatic rings. The normalized spacial score (nSPS) is 11.5. The predicted molar refractivity (Wildman–Crippen MR) is 76.0 cm³/mol. The highest BCUT2D eigenvalue weighted by Gasteiger charge is 2.14. The minimum absolute atomic E-state index is 0.0981. The van der Waals surface area contributed by atoms with Crippen molar-refractivity contribution in [1.29, 1.82) is 0 Å². The number of benzene rings is 2. The van der Waals surface area contributed by atoms with Crippen LogP contribution in [0, 0.1) is 12.7 Å². The van der Waals surface area contributed by atoms with Crippen molar-refractivity contribution < 1.29 is 12.8 Å². The Morgan fingerprint density at radius 1 is 1.20 bits per heavy atom. The summed E-state index contributed by atoms with van der Waals surface area (Å²) in [5, 5.41) is 0. The first-order chi connectivity index (χ1) is 9.40. The van der Waals surface area contributed by atoms with Crippen LogP contribution in [0.4, 0.5) is 10.1 Å². The molecular formula is C14H15FN2O2S. The van der Waals surface area contributed by atoms with E-state index in [1.165, 1.54) is 18.2 Å². The van der Waals surface area contributed by atoms with Gasteiger partial charge in [-0.3, -0.25) is 0 Å². The van der Waals surface area contributed by atoms with Crippen LogP contribution in [0.1, 0.15) is 11.1 Å². The molecule has 106 valence electrons. The fraction of sp³-hybridized carbons (Fsp3) is 0.143. The van der Waals surface area contributed by atoms with Gasteiger partial charge in [-0.2, -0.15) is 0 Å². The second kappa shape index (κ2) is 5.60. The Bertz CT molecular complexity index is 730. The van der Waals surface area contributed by atoms with Gasteiger partial charge in [-0.05, 0) is 42.3 Å². The fourth-order valence-electron chi connectivity index (χ4n) is 1.79. The molecule has 0 aromatic heterocycles. The molecule has 6 heteroatoms. The maximum Gasteiger partial charge on any atom is 0.240 e. The van der Waals surface area contributed by atoms with Gasteiger partial charge in [0.25, 0.3) is 0 Å². The van der Waals surface area contributed by atoms with Crippen molar-refractivity contribution in [2.45, 2.75) is 18.4 Å². The van der Waals surface area contributed by atoms with Crippen molar-refractivity contribution in [3.8, 4) is 0 Å². The van der Waals surface area contributed by atoms with E-state index < -0.39 is 15.8 Å². The Kier molecular flexibility index (Phi) is 4.06. The van der Waals surface area contributed by atoms with Crippen LogP contribution in [0.25, 0.3) is 0 Å². The average Bonchev–Trinajstić information content (AvgIpc) is 2.40. The Morgan fingerprint density at radius 2 is 1.90 bits per heavy atom.